The monoisotopic (exact) mass is 158 g/mol. The Hall–Kier alpha value is -1.64. The predicted molar refractivity (Wildman–Crippen MR) is 44.8 cm³/mol. The van der Waals surface area contributed by atoms with Crippen LogP contribution in [-0.4, -0.2) is 12.8 Å². The summed E-state index contributed by atoms with van der Waals surface area (Å²) in [6.07, 6.45) is 3.80. The number of hydrogen-bond acceptors (Lipinski definition) is 3. The zero-order valence-electron chi connectivity index (χ0n) is 6.32. The first-order valence-corrected chi connectivity index (χ1v) is 3.82. The molecule has 0 saturated heterocycles. The molecular weight excluding hydrogens is 152 g/mol. The minimum atomic E-state index is 0.666. The molecule has 0 atom stereocenters. The lowest BCUT2D eigenvalue weighted by atomic mass is 10.2. The summed E-state index contributed by atoms with van der Waals surface area (Å²) in [7, 11) is 0. The van der Waals surface area contributed by atoms with Gasteiger partial charge < -0.3 is 4.74 Å². The van der Waals surface area contributed by atoms with E-state index in [-0.39, 0.29) is 0 Å². The van der Waals surface area contributed by atoms with Crippen molar-refractivity contribution in [1.29, 1.82) is 0 Å². The van der Waals surface area contributed by atoms with Gasteiger partial charge in [-0.2, -0.15) is 10.2 Å². The van der Waals surface area contributed by atoms with Crippen LogP contribution in [0.4, 0.5) is 0 Å². The van der Waals surface area contributed by atoms with Crippen LogP contribution in [0, 0.1) is 0 Å². The van der Waals surface area contributed by atoms with Crippen molar-refractivity contribution < 1.29 is 4.74 Å². The van der Waals surface area contributed by atoms with Gasteiger partial charge in [0.25, 0.3) is 0 Å². The highest BCUT2D eigenvalue weighted by atomic mass is 16.5. The van der Waals surface area contributed by atoms with E-state index < -0.39 is 0 Å². The highest BCUT2D eigenvalue weighted by Crippen LogP contribution is 2.12. The van der Waals surface area contributed by atoms with Crippen LogP contribution in [0.5, 0.6) is 5.75 Å². The summed E-state index contributed by atoms with van der Waals surface area (Å²) in [5.41, 5.74) is 1.02. The molecular formula is C9H6N2O. The summed E-state index contributed by atoms with van der Waals surface area (Å²) in [5.74, 6) is 0.928. The van der Waals surface area contributed by atoms with Crippen molar-refractivity contribution >= 4 is 12.3 Å². The number of ether oxygens (including phenoxy) is 1. The highest BCUT2D eigenvalue weighted by molar-refractivity contribution is 5.85. The summed E-state index contributed by atoms with van der Waals surface area (Å²) in [4.78, 5) is 0. The van der Waals surface area contributed by atoms with Crippen molar-refractivity contribution in [2.45, 2.75) is 0 Å². The Kier molecular flexibility index (Phi) is 0.961. The number of rotatable bonds is 0. The summed E-state index contributed by atoms with van der Waals surface area (Å²) >= 11 is 0. The van der Waals surface area contributed by atoms with Crippen LogP contribution in [0.1, 0.15) is 5.56 Å². The molecule has 0 spiro atoms. The normalized spacial score (nSPS) is 16.0. The number of fused-ring (bicyclic) bond motifs is 3. The lowest BCUT2D eigenvalue weighted by Crippen LogP contribution is -2.12. The van der Waals surface area contributed by atoms with E-state index in [1.807, 2.05) is 12.1 Å². The van der Waals surface area contributed by atoms with Gasteiger partial charge in [-0.1, -0.05) is 0 Å². The van der Waals surface area contributed by atoms with Crippen LogP contribution in [0.2, 0.25) is 0 Å². The molecule has 0 unspecified atom stereocenters. The molecule has 0 aliphatic carbocycles. The lowest BCUT2D eigenvalue weighted by molar-refractivity contribution is 0.385. The quantitative estimate of drug-likeness (QED) is 0.516. The zero-order chi connectivity index (χ0) is 7.97. The summed E-state index contributed by atoms with van der Waals surface area (Å²) in [6, 6.07) is 3.98. The van der Waals surface area contributed by atoms with Crippen LogP contribution in [-0.2, 0) is 0 Å². The van der Waals surface area contributed by atoms with Crippen LogP contribution in [0.25, 0.3) is 6.08 Å². The maximum absolute atomic E-state index is 5.43. The number of nitrogens with zero attached hydrogens (tertiary/aromatic N) is 2. The molecule has 3 nitrogen and oxygen atoms in total. The predicted octanol–water partition coefficient (Wildman–Crippen LogP) is -0.173. The van der Waals surface area contributed by atoms with Gasteiger partial charge in [-0.05, 0) is 18.2 Å². The topological polar surface area (TPSA) is 34.0 Å². The average molecular weight is 158 g/mol. The molecule has 0 saturated carbocycles. The van der Waals surface area contributed by atoms with Crippen LogP contribution in [0.3, 0.4) is 0 Å². The lowest BCUT2D eigenvalue weighted by Gasteiger charge is -1.98. The second-order valence-corrected chi connectivity index (χ2v) is 2.78. The first-order valence-electron chi connectivity index (χ1n) is 3.82. The summed E-state index contributed by atoms with van der Waals surface area (Å²) in [6.45, 7) is 0.666. The van der Waals surface area contributed by atoms with Gasteiger partial charge in [0.2, 0.25) is 0 Å². The molecule has 2 aliphatic heterocycles. The highest BCUT2D eigenvalue weighted by Gasteiger charge is 2.12. The second-order valence-electron chi connectivity index (χ2n) is 2.78. The molecule has 0 fully saturated rings. The van der Waals surface area contributed by atoms with Crippen LogP contribution < -0.4 is 15.3 Å². The fraction of sp³-hybridized carbons (Fsp3) is 0.111. The molecule has 0 aromatic heterocycles. The molecule has 58 valence electrons. The summed E-state index contributed by atoms with van der Waals surface area (Å²) < 4.78 is 5.43. The maximum atomic E-state index is 5.43. The molecule has 0 radical (unpaired) electrons. The molecule has 0 N–H and O–H groups in total. The largest absolute Gasteiger partial charge is 0.488 e. The third kappa shape index (κ3) is 0.605. The fourth-order valence-electron chi connectivity index (χ4n) is 1.50. The van der Waals surface area contributed by atoms with Crippen molar-refractivity contribution in [3.05, 3.63) is 28.3 Å². The Morgan fingerprint density at radius 3 is 3.33 bits per heavy atom. The van der Waals surface area contributed by atoms with Gasteiger partial charge in [0.1, 0.15) is 12.4 Å². The SMILES string of the molecule is C1=NN=c2ccc3c(c21)OCC=3. The molecule has 3 rings (SSSR count). The van der Waals surface area contributed by atoms with Gasteiger partial charge in [0, 0.05) is 5.22 Å². The summed E-state index contributed by atoms with van der Waals surface area (Å²) in [5, 5.41) is 9.84. The molecule has 1 aromatic rings. The Morgan fingerprint density at radius 2 is 2.33 bits per heavy atom. The van der Waals surface area contributed by atoms with Gasteiger partial charge in [-0.3, -0.25) is 0 Å². The van der Waals surface area contributed by atoms with E-state index in [1.54, 1.807) is 6.21 Å². The van der Waals surface area contributed by atoms with Crippen molar-refractivity contribution in [2.75, 3.05) is 6.61 Å². The molecule has 3 heteroatoms. The van der Waals surface area contributed by atoms with E-state index in [2.05, 4.69) is 16.3 Å². The van der Waals surface area contributed by atoms with E-state index in [0.717, 1.165) is 21.9 Å². The maximum Gasteiger partial charge on any atom is 0.137 e. The third-order valence-electron chi connectivity index (χ3n) is 2.09. The van der Waals surface area contributed by atoms with E-state index >= 15 is 0 Å². The molecule has 0 amide bonds. The van der Waals surface area contributed by atoms with Gasteiger partial charge in [0.15, 0.2) is 0 Å². The number of hydrogen-bond donors (Lipinski definition) is 0. The molecule has 2 heterocycles. The van der Waals surface area contributed by atoms with Crippen molar-refractivity contribution in [3.8, 4) is 5.75 Å². The van der Waals surface area contributed by atoms with Crippen LogP contribution in [0.15, 0.2) is 22.3 Å². The Balaban J connectivity index is 2.50. The van der Waals surface area contributed by atoms with Gasteiger partial charge in [0.05, 0.1) is 17.1 Å². The van der Waals surface area contributed by atoms with Crippen molar-refractivity contribution in [3.63, 3.8) is 0 Å². The van der Waals surface area contributed by atoms with E-state index in [4.69, 9.17) is 4.74 Å². The van der Waals surface area contributed by atoms with E-state index in [9.17, 15) is 0 Å². The van der Waals surface area contributed by atoms with Gasteiger partial charge in [-0.15, -0.1) is 0 Å². The van der Waals surface area contributed by atoms with Crippen molar-refractivity contribution in [1.82, 2.24) is 0 Å². The third-order valence-corrected chi connectivity index (χ3v) is 2.09. The molecule has 1 aromatic carbocycles. The minimum Gasteiger partial charge on any atom is -0.488 e. The van der Waals surface area contributed by atoms with Crippen molar-refractivity contribution in [2.24, 2.45) is 10.2 Å². The molecule has 12 heavy (non-hydrogen) atoms. The number of benzene rings is 1. The fourth-order valence-corrected chi connectivity index (χ4v) is 1.50. The van der Waals surface area contributed by atoms with E-state index in [1.165, 1.54) is 0 Å². The smallest absolute Gasteiger partial charge is 0.137 e. The van der Waals surface area contributed by atoms with Crippen LogP contribution >= 0.6 is 0 Å². The molecule has 0 bridgehead atoms. The first kappa shape index (κ1) is 5.94. The first-order chi connectivity index (χ1) is 5.95. The van der Waals surface area contributed by atoms with Gasteiger partial charge >= 0.3 is 0 Å². The average Bonchev–Trinajstić information content (AvgIpc) is 2.71. The Bertz CT molecular complexity index is 488. The minimum absolute atomic E-state index is 0.666. The van der Waals surface area contributed by atoms with E-state index in [0.29, 0.717) is 6.61 Å². The standard InChI is InChI=1S/C9H6N2O/c1-2-8-7(5-10-11-8)9-6(1)3-4-12-9/h1-3,5H,4H2. The zero-order valence-corrected chi connectivity index (χ0v) is 6.32. The Morgan fingerprint density at radius 1 is 1.33 bits per heavy atom. The molecule has 2 aliphatic rings. The second kappa shape index (κ2) is 1.94. The van der Waals surface area contributed by atoms with Gasteiger partial charge in [-0.25, -0.2) is 0 Å². The Labute approximate surface area is 68.7 Å².